The third kappa shape index (κ3) is 3.32. The number of thioether (sulfide) groups is 1. The third-order valence-corrected chi connectivity index (χ3v) is 5.66. The van der Waals surface area contributed by atoms with Gasteiger partial charge in [0.1, 0.15) is 11.9 Å². The number of nitrogens with one attached hydrogen (secondary N) is 1. The second-order valence-electron chi connectivity index (χ2n) is 7.67. The zero-order chi connectivity index (χ0) is 19.2. The maximum Gasteiger partial charge on any atom is 0.227 e. The van der Waals surface area contributed by atoms with Crippen molar-refractivity contribution in [2.45, 2.75) is 37.9 Å². The van der Waals surface area contributed by atoms with Crippen molar-refractivity contribution in [1.82, 2.24) is 14.8 Å². The Kier molecular flexibility index (Phi) is 4.42. The van der Waals surface area contributed by atoms with Crippen LogP contribution in [0, 0.1) is 11.2 Å². The van der Waals surface area contributed by atoms with E-state index in [0.29, 0.717) is 28.9 Å². The highest BCUT2D eigenvalue weighted by Crippen LogP contribution is 2.45. The molecule has 0 spiro atoms. The summed E-state index contributed by atoms with van der Waals surface area (Å²) in [6.07, 6.45) is 3.03. The quantitative estimate of drug-likeness (QED) is 0.627. The second kappa shape index (κ2) is 6.64. The summed E-state index contributed by atoms with van der Waals surface area (Å²) >= 11 is 1.48. The lowest BCUT2D eigenvalue weighted by Gasteiger charge is -2.38. The second-order valence-corrected chi connectivity index (χ2v) is 8.66. The van der Waals surface area contributed by atoms with Gasteiger partial charge in [0.15, 0.2) is 5.78 Å². The van der Waals surface area contributed by atoms with Crippen LogP contribution in [0.2, 0.25) is 0 Å². The molecule has 1 aliphatic carbocycles. The summed E-state index contributed by atoms with van der Waals surface area (Å²) in [5, 5.41) is 8.56. The Morgan fingerprint density at radius 2 is 2.11 bits per heavy atom. The predicted octanol–water partition coefficient (Wildman–Crippen LogP) is 4.35. The summed E-state index contributed by atoms with van der Waals surface area (Å²) in [5.74, 6) is 1.10. The number of aromatic nitrogens is 3. The van der Waals surface area contributed by atoms with Gasteiger partial charge in [-0.05, 0) is 29.5 Å². The molecule has 0 amide bonds. The van der Waals surface area contributed by atoms with E-state index in [2.05, 4.69) is 35.8 Å². The van der Waals surface area contributed by atoms with Gasteiger partial charge < -0.3 is 5.32 Å². The molecule has 2 aromatic rings. The highest BCUT2D eigenvalue weighted by atomic mass is 32.2. The summed E-state index contributed by atoms with van der Waals surface area (Å²) in [4.78, 5) is 17.6. The maximum absolute atomic E-state index is 13.5. The van der Waals surface area contributed by atoms with Crippen LogP contribution in [0.4, 0.5) is 10.3 Å². The van der Waals surface area contributed by atoms with Crippen LogP contribution in [0.15, 0.2) is 53.3 Å². The van der Waals surface area contributed by atoms with Crippen LogP contribution in [-0.4, -0.2) is 26.3 Å². The molecule has 5 nitrogen and oxygen atoms in total. The molecule has 140 valence electrons. The van der Waals surface area contributed by atoms with E-state index < -0.39 is 6.04 Å². The lowest BCUT2D eigenvalue weighted by molar-refractivity contribution is -0.118. The van der Waals surface area contributed by atoms with E-state index in [-0.39, 0.29) is 17.0 Å². The molecule has 1 atom stereocenters. The first-order valence-electron chi connectivity index (χ1n) is 8.87. The number of ketones is 1. The van der Waals surface area contributed by atoms with Crippen LogP contribution in [0.25, 0.3) is 0 Å². The minimum Gasteiger partial charge on any atom is -0.328 e. The lowest BCUT2D eigenvalue weighted by Crippen LogP contribution is -2.36. The maximum atomic E-state index is 13.5. The van der Waals surface area contributed by atoms with Crippen molar-refractivity contribution in [1.29, 1.82) is 0 Å². The van der Waals surface area contributed by atoms with Crippen molar-refractivity contribution in [3.05, 3.63) is 59.6 Å². The van der Waals surface area contributed by atoms with Crippen LogP contribution >= 0.6 is 11.8 Å². The number of carbonyl (C=O) groups is 1. The minimum absolute atomic E-state index is 0.101. The van der Waals surface area contributed by atoms with Crippen LogP contribution < -0.4 is 5.32 Å². The molecule has 1 aromatic carbocycles. The number of hydrogen-bond acceptors (Lipinski definition) is 5. The Bertz CT molecular complexity index is 945. The minimum atomic E-state index is -0.397. The summed E-state index contributed by atoms with van der Waals surface area (Å²) in [6, 6.07) is 5.86. The standard InChI is InChI=1S/C20H21FN4OS/c1-4-9-27-19-23-18-22-14-10-20(2,3)11-15(26)16(14)17(25(18)24-19)12-5-7-13(21)8-6-12/h4-8,17H,1,9-11H2,2-3H3,(H,22,23,24)/t17-/m1/s1. The number of benzene rings is 1. The van der Waals surface area contributed by atoms with E-state index >= 15 is 0 Å². The number of Topliss-reactive ketones (excluding diaryl/α,β-unsaturated/α-hetero) is 1. The molecule has 0 radical (unpaired) electrons. The van der Waals surface area contributed by atoms with Crippen molar-refractivity contribution < 1.29 is 9.18 Å². The molecule has 1 N–H and O–H groups in total. The van der Waals surface area contributed by atoms with Gasteiger partial charge in [0.25, 0.3) is 0 Å². The molecule has 2 aliphatic rings. The van der Waals surface area contributed by atoms with Crippen LogP contribution in [0.1, 0.15) is 38.3 Å². The molecule has 2 heterocycles. The normalized spacial score (nSPS) is 20.7. The molecular weight excluding hydrogens is 363 g/mol. The van der Waals surface area contributed by atoms with Crippen molar-refractivity contribution in [3.8, 4) is 0 Å². The molecule has 0 bridgehead atoms. The lowest BCUT2D eigenvalue weighted by atomic mass is 9.73. The zero-order valence-corrected chi connectivity index (χ0v) is 16.1. The number of allylic oxidation sites excluding steroid dienone is 2. The van der Waals surface area contributed by atoms with E-state index in [1.807, 2.05) is 0 Å². The molecule has 1 aromatic heterocycles. The van der Waals surface area contributed by atoms with Gasteiger partial charge in [0.2, 0.25) is 11.1 Å². The average molecular weight is 384 g/mol. The molecule has 7 heteroatoms. The van der Waals surface area contributed by atoms with Gasteiger partial charge in [-0.2, -0.15) is 4.98 Å². The Hall–Kier alpha value is -2.41. The molecule has 0 fully saturated rings. The van der Waals surface area contributed by atoms with Crippen LogP contribution in [0.3, 0.4) is 0 Å². The van der Waals surface area contributed by atoms with Crippen molar-refractivity contribution in [3.63, 3.8) is 0 Å². The van der Waals surface area contributed by atoms with E-state index in [1.165, 1.54) is 23.9 Å². The fraction of sp³-hybridized carbons (Fsp3) is 0.350. The number of nitrogens with zero attached hydrogens (tertiary/aromatic N) is 3. The molecule has 0 saturated heterocycles. The number of anilines is 1. The van der Waals surface area contributed by atoms with Gasteiger partial charge in [-0.15, -0.1) is 11.7 Å². The molecule has 27 heavy (non-hydrogen) atoms. The van der Waals surface area contributed by atoms with Gasteiger partial charge in [-0.1, -0.05) is 43.8 Å². The third-order valence-electron chi connectivity index (χ3n) is 4.83. The van der Waals surface area contributed by atoms with E-state index in [4.69, 9.17) is 0 Å². The van der Waals surface area contributed by atoms with E-state index in [1.54, 1.807) is 22.9 Å². The number of hydrogen-bond donors (Lipinski definition) is 1. The monoisotopic (exact) mass is 384 g/mol. The van der Waals surface area contributed by atoms with Gasteiger partial charge in [-0.25, -0.2) is 9.07 Å². The van der Waals surface area contributed by atoms with Crippen molar-refractivity contribution >= 4 is 23.5 Å². The first-order chi connectivity index (χ1) is 12.9. The van der Waals surface area contributed by atoms with E-state index in [9.17, 15) is 9.18 Å². The van der Waals surface area contributed by atoms with Gasteiger partial charge in [-0.3, -0.25) is 4.79 Å². The van der Waals surface area contributed by atoms with Crippen molar-refractivity contribution in [2.24, 2.45) is 5.41 Å². The Balaban J connectivity index is 1.84. The summed E-state index contributed by atoms with van der Waals surface area (Å²) in [6.45, 7) is 7.91. The highest BCUT2D eigenvalue weighted by molar-refractivity contribution is 7.99. The van der Waals surface area contributed by atoms with Gasteiger partial charge >= 0.3 is 0 Å². The molecule has 0 unspecified atom stereocenters. The Morgan fingerprint density at radius 1 is 1.37 bits per heavy atom. The number of rotatable bonds is 4. The summed E-state index contributed by atoms with van der Waals surface area (Å²) < 4.78 is 15.2. The number of fused-ring (bicyclic) bond motifs is 1. The Labute approximate surface area is 161 Å². The van der Waals surface area contributed by atoms with E-state index in [0.717, 1.165) is 17.7 Å². The number of carbonyl (C=O) groups excluding carboxylic acids is 1. The fourth-order valence-electron chi connectivity index (χ4n) is 3.74. The fourth-order valence-corrected chi connectivity index (χ4v) is 4.30. The zero-order valence-electron chi connectivity index (χ0n) is 15.3. The largest absolute Gasteiger partial charge is 0.328 e. The first-order valence-corrected chi connectivity index (χ1v) is 9.85. The van der Waals surface area contributed by atoms with Crippen LogP contribution in [0.5, 0.6) is 0 Å². The SMILES string of the molecule is C=CCSc1nc2n(n1)[C@H](c1ccc(F)cc1)C1=C(CC(C)(C)CC1=O)N2. The smallest absolute Gasteiger partial charge is 0.227 e. The van der Waals surface area contributed by atoms with Crippen LogP contribution in [-0.2, 0) is 4.79 Å². The number of halogens is 1. The average Bonchev–Trinajstić information content (AvgIpc) is 3.00. The van der Waals surface area contributed by atoms with Gasteiger partial charge in [0, 0.05) is 23.4 Å². The molecule has 0 saturated carbocycles. The molecule has 1 aliphatic heterocycles. The first kappa shape index (κ1) is 18.0. The summed E-state index contributed by atoms with van der Waals surface area (Å²) in [7, 11) is 0. The summed E-state index contributed by atoms with van der Waals surface area (Å²) in [5.41, 5.74) is 2.31. The Morgan fingerprint density at radius 3 is 2.81 bits per heavy atom. The van der Waals surface area contributed by atoms with Crippen molar-refractivity contribution in [2.75, 3.05) is 11.1 Å². The topological polar surface area (TPSA) is 59.8 Å². The molecular formula is C20H21FN4OS. The molecule has 4 rings (SSSR count). The predicted molar refractivity (Wildman–Crippen MR) is 104 cm³/mol. The highest BCUT2D eigenvalue weighted by Gasteiger charge is 2.41. The van der Waals surface area contributed by atoms with Gasteiger partial charge in [0.05, 0.1) is 0 Å².